The van der Waals surface area contributed by atoms with Gasteiger partial charge in [-0.15, -0.1) is 11.3 Å². The Kier molecular flexibility index (Phi) is 16.3. The van der Waals surface area contributed by atoms with E-state index in [1.54, 1.807) is 38.4 Å². The monoisotopic (exact) mass is 1100 g/mol. The first-order chi connectivity index (χ1) is 34.8. The molecule has 0 radical (unpaired) electrons. The normalized spacial score (nSPS) is 19.6. The topological polar surface area (TPSA) is 209 Å². The van der Waals surface area contributed by atoms with Gasteiger partial charge >= 0.3 is 12.2 Å². The number of nitrogens with one attached hydrogen (secondary N) is 4. The third-order valence-electron chi connectivity index (χ3n) is 15.0. The molecular formula is C52H63FN10O8S4. The lowest BCUT2D eigenvalue weighted by Crippen LogP contribution is -2.62. The minimum Gasteiger partial charge on any atom is -0.464 e. The molecule has 5 aliphatic rings. The van der Waals surface area contributed by atoms with Crippen LogP contribution in [-0.2, 0) is 23.9 Å². The number of fused-ring (bicyclic) bond motifs is 5. The lowest BCUT2D eigenvalue weighted by atomic mass is 9.90. The van der Waals surface area contributed by atoms with Crippen LogP contribution in [0.25, 0.3) is 44.7 Å². The number of rotatable bonds is 12. The highest BCUT2D eigenvalue weighted by atomic mass is 32.1. The molecular weight excluding hydrogens is 1040 g/mol. The third-order valence-corrected chi connectivity index (χ3v) is 16.2. The lowest BCUT2D eigenvalue weighted by Gasteiger charge is -2.43. The highest BCUT2D eigenvalue weighted by molar-refractivity contribution is 7.59. The second-order valence-electron chi connectivity index (χ2n) is 19.9. The number of aromatic amines is 2. The van der Waals surface area contributed by atoms with Gasteiger partial charge in [-0.2, -0.15) is 40.5 Å². The molecule has 2 aromatic carbocycles. The van der Waals surface area contributed by atoms with Crippen molar-refractivity contribution in [1.82, 2.24) is 49.8 Å². The van der Waals surface area contributed by atoms with E-state index in [1.165, 1.54) is 32.1 Å². The van der Waals surface area contributed by atoms with Crippen LogP contribution in [0.2, 0.25) is 0 Å². The quantitative estimate of drug-likeness (QED) is 0.0921. The summed E-state index contributed by atoms with van der Waals surface area (Å²) in [4.78, 5) is 88.3. The average molecular weight is 1100 g/mol. The first-order valence-electron chi connectivity index (χ1n) is 24.7. The summed E-state index contributed by atoms with van der Waals surface area (Å²) in [7, 11) is 2.52. The van der Waals surface area contributed by atoms with Crippen molar-refractivity contribution in [3.8, 4) is 39.5 Å². The van der Waals surface area contributed by atoms with Gasteiger partial charge in [0.1, 0.15) is 35.3 Å². The van der Waals surface area contributed by atoms with Crippen LogP contribution in [0.1, 0.15) is 105 Å². The van der Waals surface area contributed by atoms with Crippen molar-refractivity contribution < 1.29 is 42.6 Å². The summed E-state index contributed by atoms with van der Waals surface area (Å²) >= 11 is 1.72. The Hall–Kier alpha value is -6.17. The van der Waals surface area contributed by atoms with Gasteiger partial charge in [-0.05, 0) is 92.8 Å². The first kappa shape index (κ1) is 55.1. The summed E-state index contributed by atoms with van der Waals surface area (Å²) in [6.07, 6.45) is 6.62. The van der Waals surface area contributed by atoms with Gasteiger partial charge in [0.05, 0.1) is 71.7 Å². The van der Waals surface area contributed by atoms with E-state index in [9.17, 15) is 24.0 Å². The van der Waals surface area contributed by atoms with Crippen LogP contribution < -0.4 is 15.4 Å². The van der Waals surface area contributed by atoms with Crippen molar-refractivity contribution in [2.24, 2.45) is 11.8 Å². The van der Waals surface area contributed by atoms with Crippen LogP contribution in [0.4, 0.5) is 14.0 Å². The van der Waals surface area contributed by atoms with Gasteiger partial charge in [-0.1, -0.05) is 19.9 Å². The fraction of sp³-hybridized carbons (Fsp3) is 0.442. The summed E-state index contributed by atoms with van der Waals surface area (Å²) in [5.74, 6) is 0.687. The summed E-state index contributed by atoms with van der Waals surface area (Å²) in [5.41, 5.74) is 4.57. The number of carbonyl (C=O) groups is 5. The molecule has 3 saturated heterocycles. The summed E-state index contributed by atoms with van der Waals surface area (Å²) in [6.45, 7) is 6.95. The number of carbonyl (C=O) groups excluding carboxylic acids is 5. The van der Waals surface area contributed by atoms with Crippen LogP contribution >= 0.6 is 51.8 Å². The second-order valence-corrected chi connectivity index (χ2v) is 21.0. The fourth-order valence-electron chi connectivity index (χ4n) is 10.9. The minimum atomic E-state index is -0.858. The van der Waals surface area contributed by atoms with Gasteiger partial charge in [0, 0.05) is 60.4 Å². The Morgan fingerprint density at radius 3 is 2.00 bits per heavy atom. The van der Waals surface area contributed by atoms with Gasteiger partial charge in [-0.3, -0.25) is 19.0 Å². The van der Waals surface area contributed by atoms with Crippen molar-refractivity contribution >= 4 is 92.6 Å². The number of ether oxygens (including phenoxy) is 3. The number of thiophene rings is 1. The largest absolute Gasteiger partial charge is 0.464 e. The molecule has 0 bridgehead atoms. The van der Waals surface area contributed by atoms with E-state index in [0.717, 1.165) is 52.7 Å². The van der Waals surface area contributed by atoms with Crippen molar-refractivity contribution in [2.45, 2.75) is 95.6 Å². The number of nitrogens with zero attached hydrogens (tertiary/aromatic N) is 6. The number of alkyl carbamates (subject to hydrolysis) is 2. The number of aromatic nitrogens is 5. The SMILES string of the molecule is COC(=O)NC(C(=O)N1CCC[C@H]1c1ncc(-c2ccc3c(c2)cc2n3C(c3ccc(C4CC4)s3)Oc3cc(-c4cnc([C@@H]5CCCN5C(=O)[C@@H](NC(=O)OC)C(C)C)[nH]4)cc(F)c3-2)[nH]1)C1CN(C(C)=O)C1.S.S.S. The molecule has 4 aromatic heterocycles. The minimum absolute atomic E-state index is 0. The molecule has 5 amide bonds. The van der Waals surface area contributed by atoms with Crippen LogP contribution in [0.5, 0.6) is 5.75 Å². The molecule has 4 N–H and O–H groups in total. The molecule has 18 nitrogen and oxygen atoms in total. The van der Waals surface area contributed by atoms with Gasteiger partial charge in [0.15, 0.2) is 0 Å². The predicted molar refractivity (Wildman–Crippen MR) is 295 cm³/mol. The van der Waals surface area contributed by atoms with Crippen molar-refractivity contribution in [3.63, 3.8) is 0 Å². The fourth-order valence-corrected chi connectivity index (χ4v) is 12.1. The van der Waals surface area contributed by atoms with Crippen LogP contribution in [0, 0.1) is 17.7 Å². The van der Waals surface area contributed by atoms with Gasteiger partial charge in [-0.25, -0.2) is 23.9 Å². The number of likely N-dealkylation sites (tertiary alicyclic amines) is 3. The summed E-state index contributed by atoms with van der Waals surface area (Å²) in [5, 5.41) is 6.29. The highest BCUT2D eigenvalue weighted by Gasteiger charge is 2.45. The molecule has 75 heavy (non-hydrogen) atoms. The van der Waals surface area contributed by atoms with Crippen LogP contribution in [-0.4, -0.2) is 122 Å². The average Bonchev–Trinajstić information content (AvgIpc) is 4.08. The number of hydrogen-bond donors (Lipinski definition) is 4. The maximum Gasteiger partial charge on any atom is 0.407 e. The van der Waals surface area contributed by atoms with Gasteiger partial charge in [0.25, 0.3) is 0 Å². The maximum absolute atomic E-state index is 17.0. The first-order valence-corrected chi connectivity index (χ1v) is 25.5. The Morgan fingerprint density at radius 2 is 1.39 bits per heavy atom. The van der Waals surface area contributed by atoms with Gasteiger partial charge < -0.3 is 49.5 Å². The van der Waals surface area contributed by atoms with Gasteiger partial charge in [0.2, 0.25) is 23.9 Å². The molecule has 1 aliphatic carbocycles. The Balaban J connectivity index is 0.00000249. The molecule has 1 saturated carbocycles. The van der Waals surface area contributed by atoms with Crippen molar-refractivity contribution in [3.05, 3.63) is 88.1 Å². The van der Waals surface area contributed by atoms with E-state index in [1.807, 2.05) is 44.2 Å². The molecule has 8 heterocycles. The van der Waals surface area contributed by atoms with Crippen LogP contribution in [0.3, 0.4) is 0 Å². The number of benzene rings is 2. The van der Waals surface area contributed by atoms with E-state index in [0.29, 0.717) is 84.9 Å². The predicted octanol–water partition coefficient (Wildman–Crippen LogP) is 8.35. The number of halogens is 1. The highest BCUT2D eigenvalue weighted by Crippen LogP contribution is 2.50. The molecule has 6 aromatic rings. The lowest BCUT2D eigenvalue weighted by molar-refractivity contribution is -0.143. The van der Waals surface area contributed by atoms with E-state index < -0.39 is 36.3 Å². The number of methoxy groups -OCH3 is 2. The second kappa shape index (κ2) is 22.2. The number of H-pyrrole nitrogens is 2. The van der Waals surface area contributed by atoms with E-state index in [4.69, 9.17) is 24.2 Å². The third kappa shape index (κ3) is 10.3. The summed E-state index contributed by atoms with van der Waals surface area (Å²) < 4.78 is 35.6. The molecule has 2 unspecified atom stereocenters. The van der Waals surface area contributed by atoms with Crippen LogP contribution in [0.15, 0.2) is 60.9 Å². The zero-order valence-corrected chi connectivity index (χ0v) is 46.0. The van der Waals surface area contributed by atoms with Crippen molar-refractivity contribution in [1.29, 1.82) is 0 Å². The Labute approximate surface area is 458 Å². The number of imidazole rings is 2. The smallest absolute Gasteiger partial charge is 0.407 e. The molecule has 0 spiro atoms. The molecule has 5 atom stereocenters. The molecule has 4 fully saturated rings. The zero-order chi connectivity index (χ0) is 50.1. The summed E-state index contributed by atoms with van der Waals surface area (Å²) in [6, 6.07) is 13.3. The molecule has 400 valence electrons. The number of hydrogen-bond acceptors (Lipinski definition) is 11. The zero-order valence-electron chi connectivity index (χ0n) is 42.2. The van der Waals surface area contributed by atoms with Crippen molar-refractivity contribution in [2.75, 3.05) is 40.4 Å². The molecule has 23 heteroatoms. The van der Waals surface area contributed by atoms with E-state index in [-0.39, 0.29) is 82.1 Å². The van der Waals surface area contributed by atoms with E-state index in [2.05, 4.69) is 37.3 Å². The standard InChI is InChI=1S/C52H57FN10O8S.3H2S/c1-26(2)44(58-51(67)69-4)48(65)61-16-6-8-37(61)47-55-23-35(57-47)30-19-33(53)43-39-20-31-18-29(12-13-36(31)63(39)50(71-40(43)21-30)42-15-14-41(72-42)28-10-11-28)34-22-54-46(56-34)38-9-7-17-62(38)49(66)45(59-52(68)70-5)32-24-60(25-32)27(3)64;;;/h12-15,18-23,26,28,32,37-38,44-45,50H,6-11,16-17,24-25H2,1-5H3,(H,54,56)(H,55,57)(H,58,67)(H,59,68);3*1H2/t37-,38-,44-,45?,50?;;;/m0.../s1. The maximum atomic E-state index is 17.0. The Bertz CT molecular complexity index is 3130. The van der Waals surface area contributed by atoms with E-state index >= 15 is 4.39 Å². The number of amides is 5. The Morgan fingerprint density at radius 1 is 0.773 bits per heavy atom. The molecule has 11 rings (SSSR count). The molecule has 4 aliphatic heterocycles.